The first-order valence-electron chi connectivity index (χ1n) is 6.59. The molecule has 2 rings (SSSR count). The van der Waals surface area contributed by atoms with Gasteiger partial charge in [0.05, 0.1) is 25.0 Å². The van der Waals surface area contributed by atoms with E-state index in [0.29, 0.717) is 6.54 Å². The summed E-state index contributed by atoms with van der Waals surface area (Å²) >= 11 is 0. The van der Waals surface area contributed by atoms with E-state index in [2.05, 4.69) is 20.6 Å². The van der Waals surface area contributed by atoms with Crippen molar-refractivity contribution in [2.24, 2.45) is 0 Å². The summed E-state index contributed by atoms with van der Waals surface area (Å²) in [6.45, 7) is 2.59. The second-order valence-electron chi connectivity index (χ2n) is 4.53. The smallest absolute Gasteiger partial charge is 0.238 e. The van der Waals surface area contributed by atoms with Crippen molar-refractivity contribution in [1.82, 2.24) is 15.3 Å². The predicted octanol–water partition coefficient (Wildman–Crippen LogP) is 1.52. The van der Waals surface area contributed by atoms with Crippen molar-refractivity contribution in [3.63, 3.8) is 0 Å². The maximum Gasteiger partial charge on any atom is 0.238 e. The van der Waals surface area contributed by atoms with Crippen LogP contribution in [-0.4, -0.2) is 29.5 Å². The lowest BCUT2D eigenvalue weighted by atomic mass is 10.3. The Balaban J connectivity index is 1.75. The number of ether oxygens (including phenoxy) is 1. The Morgan fingerprint density at radius 3 is 2.57 bits per heavy atom. The Hall–Kier alpha value is -2.47. The van der Waals surface area contributed by atoms with E-state index in [1.54, 1.807) is 43.8 Å². The fourth-order valence-electron chi connectivity index (χ4n) is 1.69. The molecule has 0 aliphatic rings. The molecule has 0 unspecified atom stereocenters. The van der Waals surface area contributed by atoms with E-state index < -0.39 is 0 Å². The molecule has 0 radical (unpaired) electrons. The molecule has 0 atom stereocenters. The highest BCUT2D eigenvalue weighted by Gasteiger charge is 2.03. The van der Waals surface area contributed by atoms with Gasteiger partial charge in [-0.25, -0.2) is 0 Å². The van der Waals surface area contributed by atoms with Crippen LogP contribution in [-0.2, 0) is 11.3 Å². The van der Waals surface area contributed by atoms with Gasteiger partial charge in [-0.1, -0.05) is 0 Å². The van der Waals surface area contributed by atoms with Gasteiger partial charge in [-0.05, 0) is 31.2 Å². The second kappa shape index (κ2) is 7.35. The Morgan fingerprint density at radius 1 is 1.19 bits per heavy atom. The maximum absolute atomic E-state index is 11.8. The van der Waals surface area contributed by atoms with Crippen molar-refractivity contribution < 1.29 is 9.53 Å². The van der Waals surface area contributed by atoms with Crippen LogP contribution in [0.4, 0.5) is 5.69 Å². The third-order valence-corrected chi connectivity index (χ3v) is 2.80. The van der Waals surface area contributed by atoms with Gasteiger partial charge in [-0.3, -0.25) is 14.8 Å². The molecular weight excluding hydrogens is 268 g/mol. The number of benzene rings is 1. The number of amides is 1. The Morgan fingerprint density at radius 2 is 1.95 bits per heavy atom. The van der Waals surface area contributed by atoms with Gasteiger partial charge in [0, 0.05) is 24.6 Å². The standard InChI is InChI=1S/C15H18N4O2/c1-11-7-18-13(9-17-11)8-16-10-15(20)19-12-3-5-14(21-2)6-4-12/h3-7,9,16H,8,10H2,1-2H3,(H,19,20). The summed E-state index contributed by atoms with van der Waals surface area (Å²) in [4.78, 5) is 20.1. The first kappa shape index (κ1) is 14.9. The van der Waals surface area contributed by atoms with Gasteiger partial charge in [0.2, 0.25) is 5.91 Å². The van der Waals surface area contributed by atoms with Gasteiger partial charge < -0.3 is 15.4 Å². The number of carbonyl (C=O) groups excluding carboxylic acids is 1. The molecule has 1 heterocycles. The summed E-state index contributed by atoms with van der Waals surface area (Å²) < 4.78 is 5.06. The zero-order valence-electron chi connectivity index (χ0n) is 12.1. The van der Waals surface area contributed by atoms with Crippen LogP contribution in [0.1, 0.15) is 11.4 Å². The van der Waals surface area contributed by atoms with Crippen LogP contribution in [0.3, 0.4) is 0 Å². The molecule has 6 heteroatoms. The molecule has 0 spiro atoms. The zero-order valence-corrected chi connectivity index (χ0v) is 12.1. The highest BCUT2D eigenvalue weighted by molar-refractivity contribution is 5.92. The summed E-state index contributed by atoms with van der Waals surface area (Å²) in [5.74, 6) is 0.643. The van der Waals surface area contributed by atoms with Crippen molar-refractivity contribution in [3.05, 3.63) is 48.0 Å². The molecule has 0 saturated carbocycles. The summed E-state index contributed by atoms with van der Waals surface area (Å²) in [5.41, 5.74) is 2.41. The predicted molar refractivity (Wildman–Crippen MR) is 80.1 cm³/mol. The molecule has 0 aliphatic heterocycles. The van der Waals surface area contributed by atoms with Gasteiger partial charge in [-0.2, -0.15) is 0 Å². The van der Waals surface area contributed by atoms with E-state index in [0.717, 1.165) is 22.8 Å². The van der Waals surface area contributed by atoms with Crippen LogP contribution < -0.4 is 15.4 Å². The van der Waals surface area contributed by atoms with E-state index in [1.807, 2.05) is 6.92 Å². The second-order valence-corrected chi connectivity index (χ2v) is 4.53. The normalized spacial score (nSPS) is 10.2. The topological polar surface area (TPSA) is 76.1 Å². The third kappa shape index (κ3) is 4.85. The number of anilines is 1. The Kier molecular flexibility index (Phi) is 5.22. The summed E-state index contributed by atoms with van der Waals surface area (Å²) in [6, 6.07) is 7.18. The third-order valence-electron chi connectivity index (χ3n) is 2.80. The molecule has 0 saturated heterocycles. The summed E-state index contributed by atoms with van der Waals surface area (Å²) in [6.07, 6.45) is 3.40. The molecule has 2 N–H and O–H groups in total. The number of nitrogens with zero attached hydrogens (tertiary/aromatic N) is 2. The van der Waals surface area contributed by atoms with Crippen LogP contribution in [0.15, 0.2) is 36.7 Å². The average Bonchev–Trinajstić information content (AvgIpc) is 2.50. The summed E-state index contributed by atoms with van der Waals surface area (Å²) in [7, 11) is 1.60. The van der Waals surface area contributed by atoms with Crippen LogP contribution >= 0.6 is 0 Å². The number of hydrogen-bond donors (Lipinski definition) is 2. The first-order valence-corrected chi connectivity index (χ1v) is 6.59. The molecule has 1 aromatic carbocycles. The van der Waals surface area contributed by atoms with Crippen LogP contribution in [0.25, 0.3) is 0 Å². The van der Waals surface area contributed by atoms with E-state index in [9.17, 15) is 4.79 Å². The molecule has 2 aromatic rings. The lowest BCUT2D eigenvalue weighted by Crippen LogP contribution is -2.28. The number of hydrogen-bond acceptors (Lipinski definition) is 5. The fraction of sp³-hybridized carbons (Fsp3) is 0.267. The lowest BCUT2D eigenvalue weighted by molar-refractivity contribution is -0.115. The maximum atomic E-state index is 11.8. The van der Waals surface area contributed by atoms with Crippen molar-refractivity contribution in [1.29, 1.82) is 0 Å². The van der Waals surface area contributed by atoms with Gasteiger partial charge in [0.15, 0.2) is 0 Å². The number of methoxy groups -OCH3 is 1. The molecule has 1 aromatic heterocycles. The molecule has 110 valence electrons. The largest absolute Gasteiger partial charge is 0.497 e. The molecule has 1 amide bonds. The van der Waals surface area contributed by atoms with Crippen LogP contribution in [0, 0.1) is 6.92 Å². The molecule has 21 heavy (non-hydrogen) atoms. The number of rotatable bonds is 6. The molecular formula is C15H18N4O2. The van der Waals surface area contributed by atoms with E-state index >= 15 is 0 Å². The van der Waals surface area contributed by atoms with Crippen molar-refractivity contribution in [2.45, 2.75) is 13.5 Å². The van der Waals surface area contributed by atoms with Gasteiger partial charge in [0.25, 0.3) is 0 Å². The minimum Gasteiger partial charge on any atom is -0.497 e. The van der Waals surface area contributed by atoms with Gasteiger partial charge >= 0.3 is 0 Å². The highest BCUT2D eigenvalue weighted by atomic mass is 16.5. The Bertz CT molecular complexity index is 582. The Labute approximate surface area is 123 Å². The van der Waals surface area contributed by atoms with Crippen molar-refractivity contribution in [3.8, 4) is 5.75 Å². The molecule has 6 nitrogen and oxygen atoms in total. The van der Waals surface area contributed by atoms with E-state index in [-0.39, 0.29) is 12.5 Å². The average molecular weight is 286 g/mol. The molecule has 0 aliphatic carbocycles. The van der Waals surface area contributed by atoms with Crippen LogP contribution in [0.5, 0.6) is 5.75 Å². The quantitative estimate of drug-likeness (QED) is 0.842. The molecule has 0 fully saturated rings. The minimum absolute atomic E-state index is 0.111. The monoisotopic (exact) mass is 286 g/mol. The van der Waals surface area contributed by atoms with E-state index in [1.165, 1.54) is 0 Å². The van der Waals surface area contributed by atoms with Crippen molar-refractivity contribution in [2.75, 3.05) is 19.0 Å². The summed E-state index contributed by atoms with van der Waals surface area (Å²) in [5, 5.41) is 5.82. The number of carbonyl (C=O) groups is 1. The van der Waals surface area contributed by atoms with Gasteiger partial charge in [-0.15, -0.1) is 0 Å². The number of aromatic nitrogens is 2. The highest BCUT2D eigenvalue weighted by Crippen LogP contribution is 2.14. The fourth-order valence-corrected chi connectivity index (χ4v) is 1.69. The molecule has 0 bridgehead atoms. The van der Waals surface area contributed by atoms with Gasteiger partial charge in [0.1, 0.15) is 5.75 Å². The SMILES string of the molecule is COc1ccc(NC(=O)CNCc2cnc(C)cn2)cc1. The van der Waals surface area contributed by atoms with E-state index in [4.69, 9.17) is 4.74 Å². The number of nitrogens with one attached hydrogen (secondary N) is 2. The minimum atomic E-state index is -0.111. The lowest BCUT2D eigenvalue weighted by Gasteiger charge is -2.07. The van der Waals surface area contributed by atoms with Crippen molar-refractivity contribution >= 4 is 11.6 Å². The zero-order chi connectivity index (χ0) is 15.1. The first-order chi connectivity index (χ1) is 10.2. The van der Waals surface area contributed by atoms with Crippen LogP contribution in [0.2, 0.25) is 0 Å². The number of aryl methyl sites for hydroxylation is 1.